The number of hydrogen-bond donors (Lipinski definition) is 2. The van der Waals surface area contributed by atoms with Crippen LogP contribution in [0.5, 0.6) is 0 Å². The third-order valence-corrected chi connectivity index (χ3v) is 10.3. The number of rotatable bonds is 8. The fraction of sp³-hybridized carbons (Fsp3) is 0.611. The van der Waals surface area contributed by atoms with Gasteiger partial charge < -0.3 is 20.1 Å². The van der Waals surface area contributed by atoms with Crippen LogP contribution in [0.2, 0.25) is 0 Å². The summed E-state index contributed by atoms with van der Waals surface area (Å²) in [6, 6.07) is 4.18. The van der Waals surface area contributed by atoms with Crippen molar-refractivity contribution in [3.63, 3.8) is 0 Å². The molecule has 0 spiro atoms. The molecular formula is C36H52N8O4. The molecule has 2 unspecified atom stereocenters. The number of ether oxygens (including phenoxy) is 2. The highest BCUT2D eigenvalue weighted by molar-refractivity contribution is 6.00. The summed E-state index contributed by atoms with van der Waals surface area (Å²) < 4.78 is 14.3. The normalized spacial score (nSPS) is 22.5. The van der Waals surface area contributed by atoms with Crippen molar-refractivity contribution in [1.82, 2.24) is 39.8 Å². The first-order chi connectivity index (χ1) is 23.0. The van der Waals surface area contributed by atoms with E-state index in [1.165, 1.54) is 0 Å². The van der Waals surface area contributed by atoms with Crippen molar-refractivity contribution >= 4 is 23.1 Å². The molecule has 0 bridgehead atoms. The maximum absolute atomic E-state index is 12.7. The molecule has 4 aromatic rings. The number of aryl methyl sites for hydroxylation is 4. The van der Waals surface area contributed by atoms with Crippen LogP contribution in [0.1, 0.15) is 109 Å². The van der Waals surface area contributed by atoms with Crippen LogP contribution in [0.4, 0.5) is 0 Å². The summed E-state index contributed by atoms with van der Waals surface area (Å²) in [6.45, 7) is 12.0. The quantitative estimate of drug-likeness (QED) is 0.259. The Hall–Kier alpha value is -3.90. The molecule has 4 heterocycles. The van der Waals surface area contributed by atoms with Gasteiger partial charge in [-0.3, -0.25) is 9.59 Å². The van der Waals surface area contributed by atoms with E-state index in [1.807, 2.05) is 39.8 Å². The molecule has 260 valence electrons. The first-order valence-corrected chi connectivity index (χ1v) is 17.3. The molecule has 0 aliphatic heterocycles. The highest BCUT2D eigenvalue weighted by Crippen LogP contribution is 2.29. The lowest BCUT2D eigenvalue weighted by Gasteiger charge is -2.31. The lowest BCUT2D eigenvalue weighted by atomic mass is 9.83. The van der Waals surface area contributed by atoms with Gasteiger partial charge in [0, 0.05) is 49.1 Å². The number of aromatic nitrogens is 6. The van der Waals surface area contributed by atoms with E-state index in [1.54, 1.807) is 35.6 Å². The Labute approximate surface area is 283 Å². The van der Waals surface area contributed by atoms with Crippen molar-refractivity contribution < 1.29 is 19.1 Å². The van der Waals surface area contributed by atoms with E-state index in [2.05, 4.69) is 44.6 Å². The topological polar surface area (TPSA) is 137 Å². The number of nitrogens with one attached hydrogen (secondary N) is 2. The fourth-order valence-electron chi connectivity index (χ4n) is 7.31. The molecule has 0 aromatic carbocycles. The second kappa shape index (κ2) is 15.5. The molecule has 2 aliphatic carbocycles. The van der Waals surface area contributed by atoms with Crippen molar-refractivity contribution in [2.75, 3.05) is 14.2 Å². The van der Waals surface area contributed by atoms with Crippen molar-refractivity contribution in [3.8, 4) is 0 Å². The second-order valence-corrected chi connectivity index (χ2v) is 13.7. The predicted octanol–water partition coefficient (Wildman–Crippen LogP) is 5.34. The summed E-state index contributed by atoms with van der Waals surface area (Å²) in [6.07, 6.45) is 12.6. The van der Waals surface area contributed by atoms with Gasteiger partial charge in [0.05, 0.1) is 24.6 Å². The van der Waals surface area contributed by atoms with Gasteiger partial charge in [-0.25, -0.2) is 19.0 Å². The summed E-state index contributed by atoms with van der Waals surface area (Å²) in [5.74, 6) is 0.810. The summed E-state index contributed by atoms with van der Waals surface area (Å²) in [5, 5.41) is 14.9. The van der Waals surface area contributed by atoms with E-state index in [4.69, 9.17) is 9.47 Å². The Kier molecular flexibility index (Phi) is 11.5. The Morgan fingerprint density at radius 3 is 1.35 bits per heavy atom. The molecule has 48 heavy (non-hydrogen) atoms. The fourth-order valence-corrected chi connectivity index (χ4v) is 7.31. The Balaban J connectivity index is 0.000000188. The third kappa shape index (κ3) is 8.03. The van der Waals surface area contributed by atoms with Gasteiger partial charge in [0.2, 0.25) is 0 Å². The number of fused-ring (bicyclic) bond motifs is 2. The molecule has 2 N–H and O–H groups in total. The van der Waals surface area contributed by atoms with Gasteiger partial charge in [0.15, 0.2) is 11.3 Å². The smallest absolute Gasteiger partial charge is 0.256 e. The average Bonchev–Trinajstić information content (AvgIpc) is 3.70. The van der Waals surface area contributed by atoms with Gasteiger partial charge in [-0.15, -0.1) is 0 Å². The van der Waals surface area contributed by atoms with Gasteiger partial charge in [-0.05, 0) is 117 Å². The molecule has 12 heteroatoms. The molecule has 2 fully saturated rings. The van der Waals surface area contributed by atoms with Crippen LogP contribution in [0.3, 0.4) is 0 Å². The highest BCUT2D eigenvalue weighted by atomic mass is 16.5. The van der Waals surface area contributed by atoms with Crippen molar-refractivity contribution in [2.45, 2.75) is 117 Å². The first kappa shape index (κ1) is 35.4. The zero-order valence-electron chi connectivity index (χ0n) is 29.7. The number of hydrogen-bond acceptors (Lipinski definition) is 8. The van der Waals surface area contributed by atoms with Crippen LogP contribution in [0.25, 0.3) is 11.3 Å². The van der Waals surface area contributed by atoms with Crippen LogP contribution in [0, 0.1) is 39.5 Å². The SMILES string of the molecule is COC1CCC(C(C)NC(=O)c2cnn3c(C)cc(C)nc23)CC1.COC1CCC(C(C)NC(=O)c2cnn3c(C)cc(C)nc23)CC1. The molecule has 12 nitrogen and oxygen atoms in total. The predicted molar refractivity (Wildman–Crippen MR) is 184 cm³/mol. The Morgan fingerprint density at radius 1 is 0.667 bits per heavy atom. The molecule has 0 radical (unpaired) electrons. The maximum atomic E-state index is 12.7. The van der Waals surface area contributed by atoms with Crippen LogP contribution < -0.4 is 10.6 Å². The van der Waals surface area contributed by atoms with Gasteiger partial charge in [-0.1, -0.05) is 0 Å². The monoisotopic (exact) mass is 660 g/mol. The van der Waals surface area contributed by atoms with E-state index >= 15 is 0 Å². The van der Waals surface area contributed by atoms with Gasteiger partial charge in [0.25, 0.3) is 11.8 Å². The van der Waals surface area contributed by atoms with Crippen LogP contribution in [-0.4, -0.2) is 79.5 Å². The number of methoxy groups -OCH3 is 2. The maximum Gasteiger partial charge on any atom is 0.256 e. The number of carbonyl (C=O) groups excluding carboxylic acids is 2. The van der Waals surface area contributed by atoms with E-state index < -0.39 is 0 Å². The van der Waals surface area contributed by atoms with E-state index in [9.17, 15) is 9.59 Å². The average molecular weight is 661 g/mol. The number of amides is 2. The third-order valence-electron chi connectivity index (χ3n) is 10.3. The zero-order valence-corrected chi connectivity index (χ0v) is 29.7. The second-order valence-electron chi connectivity index (χ2n) is 13.7. The molecule has 2 amide bonds. The molecule has 6 rings (SSSR count). The lowest BCUT2D eigenvalue weighted by Crippen LogP contribution is -2.40. The molecule has 2 aliphatic rings. The van der Waals surface area contributed by atoms with Gasteiger partial charge in [0.1, 0.15) is 11.1 Å². The summed E-state index contributed by atoms with van der Waals surface area (Å²) in [5.41, 5.74) is 6.06. The van der Waals surface area contributed by atoms with Crippen molar-refractivity contribution in [1.29, 1.82) is 0 Å². The molecule has 0 saturated heterocycles. The van der Waals surface area contributed by atoms with Gasteiger partial charge >= 0.3 is 0 Å². The molecule has 2 atom stereocenters. The Bertz CT molecular complexity index is 1590. The van der Waals surface area contributed by atoms with E-state index in [-0.39, 0.29) is 23.9 Å². The minimum atomic E-state index is -0.0936. The van der Waals surface area contributed by atoms with Gasteiger partial charge in [-0.2, -0.15) is 10.2 Å². The highest BCUT2D eigenvalue weighted by Gasteiger charge is 2.28. The number of carbonyl (C=O) groups is 2. The van der Waals surface area contributed by atoms with E-state index in [0.717, 1.165) is 74.1 Å². The van der Waals surface area contributed by atoms with Crippen molar-refractivity contribution in [3.05, 3.63) is 58.4 Å². The lowest BCUT2D eigenvalue weighted by molar-refractivity contribution is 0.0505. The largest absolute Gasteiger partial charge is 0.381 e. The zero-order chi connectivity index (χ0) is 34.5. The van der Waals surface area contributed by atoms with Crippen LogP contribution in [-0.2, 0) is 9.47 Å². The molecular weight excluding hydrogens is 608 g/mol. The Morgan fingerprint density at radius 2 is 1.02 bits per heavy atom. The minimum Gasteiger partial charge on any atom is -0.381 e. The van der Waals surface area contributed by atoms with Crippen LogP contribution in [0.15, 0.2) is 24.5 Å². The summed E-state index contributed by atoms with van der Waals surface area (Å²) in [7, 11) is 3.55. The van der Waals surface area contributed by atoms with E-state index in [0.29, 0.717) is 46.5 Å². The first-order valence-electron chi connectivity index (χ1n) is 17.3. The van der Waals surface area contributed by atoms with Crippen molar-refractivity contribution in [2.24, 2.45) is 11.8 Å². The van der Waals surface area contributed by atoms with Crippen LogP contribution >= 0.6 is 0 Å². The standard InChI is InChI=1S/2C18H26N4O2/c2*1-11-9-12(2)22-17(20-11)16(10-19-22)18(23)21-13(3)14-5-7-15(24-4)8-6-14/h2*9-10,13-15H,5-8H2,1-4H3,(H,21,23). The molecule has 2 saturated carbocycles. The number of nitrogens with zero attached hydrogens (tertiary/aromatic N) is 6. The summed E-state index contributed by atoms with van der Waals surface area (Å²) >= 11 is 0. The minimum absolute atomic E-state index is 0.0936. The molecule has 4 aromatic heterocycles. The summed E-state index contributed by atoms with van der Waals surface area (Å²) in [4.78, 5) is 34.3.